The summed E-state index contributed by atoms with van der Waals surface area (Å²) < 4.78 is 3.77. The van der Waals surface area contributed by atoms with Gasteiger partial charge in [0.05, 0.1) is 23.6 Å². The molecule has 29 heavy (non-hydrogen) atoms. The number of aromatic nitrogens is 6. The van der Waals surface area contributed by atoms with E-state index in [1.165, 1.54) is 0 Å². The van der Waals surface area contributed by atoms with Crippen LogP contribution < -0.4 is 10.6 Å². The third-order valence-corrected chi connectivity index (χ3v) is 5.42. The number of hydrogen-bond acceptors (Lipinski definition) is 6. The number of nitrogens with two attached hydrogens (primary N) is 1. The first-order valence-corrected chi connectivity index (χ1v) is 10.1. The van der Waals surface area contributed by atoms with Crippen molar-refractivity contribution in [2.75, 3.05) is 18.0 Å². The van der Waals surface area contributed by atoms with Crippen molar-refractivity contribution in [1.29, 1.82) is 0 Å². The number of fused-ring (bicyclic) bond motifs is 1. The van der Waals surface area contributed by atoms with Gasteiger partial charge in [-0.1, -0.05) is 6.07 Å². The van der Waals surface area contributed by atoms with Gasteiger partial charge >= 0.3 is 0 Å². The van der Waals surface area contributed by atoms with Gasteiger partial charge in [0.2, 0.25) is 0 Å². The summed E-state index contributed by atoms with van der Waals surface area (Å²) in [5.74, 6) is 1.73. The van der Waals surface area contributed by atoms with Gasteiger partial charge < -0.3 is 10.6 Å². The van der Waals surface area contributed by atoms with E-state index in [9.17, 15) is 0 Å². The van der Waals surface area contributed by atoms with E-state index in [1.807, 2.05) is 58.4 Å². The maximum Gasteiger partial charge on any atom is 0.156 e. The number of rotatable bonds is 4. The third-order valence-electron chi connectivity index (χ3n) is 5.42. The summed E-state index contributed by atoms with van der Waals surface area (Å²) in [5, 5.41) is 9.90. The van der Waals surface area contributed by atoms with Crippen molar-refractivity contribution in [3.8, 4) is 17.1 Å². The van der Waals surface area contributed by atoms with Gasteiger partial charge in [-0.15, -0.1) is 0 Å². The van der Waals surface area contributed by atoms with E-state index in [4.69, 9.17) is 10.7 Å². The van der Waals surface area contributed by atoms with E-state index in [0.29, 0.717) is 0 Å². The second kappa shape index (κ2) is 7.29. The van der Waals surface area contributed by atoms with Crippen LogP contribution in [0.25, 0.3) is 28.0 Å². The van der Waals surface area contributed by atoms with Gasteiger partial charge in [-0.25, -0.2) is 9.67 Å². The molecule has 0 bridgehead atoms. The molecule has 4 aromatic rings. The minimum Gasteiger partial charge on any atom is -0.355 e. The molecule has 8 heteroatoms. The maximum atomic E-state index is 6.15. The normalized spacial score (nSPS) is 17.2. The molecule has 0 amide bonds. The van der Waals surface area contributed by atoms with Crippen LogP contribution in [-0.4, -0.2) is 48.7 Å². The van der Waals surface area contributed by atoms with E-state index < -0.39 is 0 Å². The van der Waals surface area contributed by atoms with Gasteiger partial charge in [0.15, 0.2) is 5.82 Å². The highest BCUT2D eigenvalue weighted by Crippen LogP contribution is 2.24. The summed E-state index contributed by atoms with van der Waals surface area (Å²) >= 11 is 0. The van der Waals surface area contributed by atoms with Crippen molar-refractivity contribution in [1.82, 2.24) is 29.5 Å². The van der Waals surface area contributed by atoms with Crippen molar-refractivity contribution in [2.45, 2.75) is 32.4 Å². The molecule has 0 radical (unpaired) electrons. The molecule has 2 N–H and O–H groups in total. The fourth-order valence-electron chi connectivity index (χ4n) is 3.85. The zero-order valence-electron chi connectivity index (χ0n) is 16.4. The molecule has 1 atom stereocenters. The molecule has 1 fully saturated rings. The first-order chi connectivity index (χ1) is 14.2. The molecule has 5 rings (SSSR count). The van der Waals surface area contributed by atoms with Crippen molar-refractivity contribution in [3.05, 3.63) is 49.1 Å². The predicted molar refractivity (Wildman–Crippen MR) is 113 cm³/mol. The summed E-state index contributed by atoms with van der Waals surface area (Å²) in [6.45, 7) is 4.72. The van der Waals surface area contributed by atoms with Gasteiger partial charge in [0, 0.05) is 49.0 Å². The number of pyridine rings is 2. The Morgan fingerprint density at radius 2 is 2.03 bits per heavy atom. The molecule has 148 valence electrons. The first-order valence-electron chi connectivity index (χ1n) is 10.1. The highest BCUT2D eigenvalue weighted by atomic mass is 15.3. The van der Waals surface area contributed by atoms with Crippen LogP contribution in [0.1, 0.15) is 19.8 Å². The zero-order valence-corrected chi connectivity index (χ0v) is 16.4. The van der Waals surface area contributed by atoms with Gasteiger partial charge in [-0.3, -0.25) is 9.67 Å². The van der Waals surface area contributed by atoms with Gasteiger partial charge in [-0.05, 0) is 38.0 Å². The Balaban J connectivity index is 1.53. The van der Waals surface area contributed by atoms with Crippen LogP contribution in [0.15, 0.2) is 49.1 Å². The van der Waals surface area contributed by atoms with Crippen LogP contribution in [0.2, 0.25) is 0 Å². The Labute approximate surface area is 169 Å². The molecule has 1 aliphatic rings. The number of piperidine rings is 1. The van der Waals surface area contributed by atoms with Gasteiger partial charge in [0.1, 0.15) is 5.82 Å². The molecular formula is C21H24N8. The first kappa shape index (κ1) is 17.8. The van der Waals surface area contributed by atoms with Crippen molar-refractivity contribution in [2.24, 2.45) is 5.73 Å². The topological polar surface area (TPSA) is 90.7 Å². The predicted octanol–water partition coefficient (Wildman–Crippen LogP) is 2.63. The smallest absolute Gasteiger partial charge is 0.156 e. The SMILES string of the molecule is CCn1cc(-c2cc3c(cn2)cnn3-c2cccc(N3CCCC(N)C3)n2)cn1. The molecular weight excluding hydrogens is 364 g/mol. The molecule has 1 saturated heterocycles. The Kier molecular flexibility index (Phi) is 4.48. The van der Waals surface area contributed by atoms with Crippen LogP contribution in [0.5, 0.6) is 0 Å². The summed E-state index contributed by atoms with van der Waals surface area (Å²) in [4.78, 5) is 11.7. The standard InChI is InChI=1S/C21H24N8/c1-2-28-13-16(12-24-28)18-9-19-15(10-23-18)11-25-29(19)21-7-3-6-20(26-21)27-8-4-5-17(22)14-27/h3,6-7,9-13,17H,2,4-5,8,14,22H2,1H3. The Morgan fingerprint density at radius 1 is 1.14 bits per heavy atom. The lowest BCUT2D eigenvalue weighted by atomic mass is 10.1. The fourth-order valence-corrected chi connectivity index (χ4v) is 3.85. The van der Waals surface area contributed by atoms with Crippen LogP contribution in [-0.2, 0) is 6.54 Å². The van der Waals surface area contributed by atoms with Crippen molar-refractivity contribution < 1.29 is 0 Å². The van der Waals surface area contributed by atoms with Gasteiger partial charge in [0.25, 0.3) is 0 Å². The highest BCUT2D eigenvalue weighted by Gasteiger charge is 2.18. The Bertz CT molecular complexity index is 1140. The summed E-state index contributed by atoms with van der Waals surface area (Å²) in [5.41, 5.74) is 8.99. The monoisotopic (exact) mass is 388 g/mol. The molecule has 0 aliphatic carbocycles. The van der Waals surface area contributed by atoms with Crippen LogP contribution in [0.4, 0.5) is 5.82 Å². The maximum absolute atomic E-state index is 6.15. The van der Waals surface area contributed by atoms with Crippen LogP contribution in [0, 0.1) is 0 Å². The van der Waals surface area contributed by atoms with E-state index in [-0.39, 0.29) is 6.04 Å². The molecule has 1 unspecified atom stereocenters. The average molecular weight is 388 g/mol. The molecule has 4 aromatic heterocycles. The lowest BCUT2D eigenvalue weighted by Crippen LogP contribution is -2.43. The molecule has 0 aromatic carbocycles. The lowest BCUT2D eigenvalue weighted by Gasteiger charge is -2.31. The fraction of sp³-hybridized carbons (Fsp3) is 0.333. The Hall–Kier alpha value is -3.26. The third kappa shape index (κ3) is 3.36. The van der Waals surface area contributed by atoms with Crippen molar-refractivity contribution >= 4 is 16.7 Å². The zero-order chi connectivity index (χ0) is 19.8. The summed E-state index contributed by atoms with van der Waals surface area (Å²) in [6.07, 6.45) is 9.70. The van der Waals surface area contributed by atoms with E-state index in [2.05, 4.69) is 27.0 Å². The minimum absolute atomic E-state index is 0.206. The van der Waals surface area contributed by atoms with Crippen LogP contribution in [0.3, 0.4) is 0 Å². The summed E-state index contributed by atoms with van der Waals surface area (Å²) in [7, 11) is 0. The van der Waals surface area contributed by atoms with E-state index in [0.717, 1.165) is 66.3 Å². The molecule has 0 spiro atoms. The Morgan fingerprint density at radius 3 is 2.86 bits per heavy atom. The quantitative estimate of drug-likeness (QED) is 0.578. The summed E-state index contributed by atoms with van der Waals surface area (Å²) in [6, 6.07) is 8.30. The average Bonchev–Trinajstić information content (AvgIpc) is 3.40. The van der Waals surface area contributed by atoms with Crippen molar-refractivity contribution in [3.63, 3.8) is 0 Å². The molecule has 8 nitrogen and oxygen atoms in total. The van der Waals surface area contributed by atoms with Crippen LogP contribution >= 0.6 is 0 Å². The van der Waals surface area contributed by atoms with Gasteiger partial charge in [-0.2, -0.15) is 10.2 Å². The number of anilines is 1. The minimum atomic E-state index is 0.206. The molecule has 5 heterocycles. The van der Waals surface area contributed by atoms with E-state index >= 15 is 0 Å². The second-order valence-electron chi connectivity index (χ2n) is 7.47. The lowest BCUT2D eigenvalue weighted by molar-refractivity contribution is 0.503. The van der Waals surface area contributed by atoms with E-state index in [1.54, 1.807) is 0 Å². The largest absolute Gasteiger partial charge is 0.355 e. The molecule has 1 aliphatic heterocycles. The number of aryl methyl sites for hydroxylation is 1. The number of hydrogen-bond donors (Lipinski definition) is 1. The second-order valence-corrected chi connectivity index (χ2v) is 7.47. The number of nitrogens with zero attached hydrogens (tertiary/aromatic N) is 7. The highest BCUT2D eigenvalue weighted by molar-refractivity contribution is 5.83. The molecule has 0 saturated carbocycles.